The molecule has 0 saturated carbocycles. The number of aromatic amines is 2. The van der Waals surface area contributed by atoms with E-state index in [4.69, 9.17) is 28.9 Å². The lowest BCUT2D eigenvalue weighted by molar-refractivity contribution is -0.138. The molecule has 58 heavy (non-hydrogen) atoms. The molecule has 2 aliphatic heterocycles. The molecule has 17 nitrogen and oxygen atoms in total. The van der Waals surface area contributed by atoms with Crippen molar-refractivity contribution in [3.63, 3.8) is 0 Å². The lowest BCUT2D eigenvalue weighted by atomic mass is 10.1. The van der Waals surface area contributed by atoms with Gasteiger partial charge in [0.05, 0.1) is 62.3 Å². The van der Waals surface area contributed by atoms with Crippen molar-refractivity contribution in [3.8, 4) is 22.5 Å². The highest BCUT2D eigenvalue weighted by Gasteiger charge is 2.40. The summed E-state index contributed by atoms with van der Waals surface area (Å²) in [6, 6.07) is 10.2. The number of aromatic nitrogens is 5. The Labute approximate surface area is 335 Å². The zero-order valence-corrected chi connectivity index (χ0v) is 33.8. The number of hydrogen-bond acceptors (Lipinski definition) is 10. The van der Waals surface area contributed by atoms with Crippen LogP contribution in [0.1, 0.15) is 63.3 Å². The summed E-state index contributed by atoms with van der Waals surface area (Å²) in [6.45, 7) is 4.53. The minimum atomic E-state index is -0.910. The van der Waals surface area contributed by atoms with E-state index >= 15 is 0 Å². The van der Waals surface area contributed by atoms with Gasteiger partial charge in [0.2, 0.25) is 11.8 Å². The van der Waals surface area contributed by atoms with Crippen molar-refractivity contribution >= 4 is 45.8 Å². The van der Waals surface area contributed by atoms with Crippen molar-refractivity contribution in [2.24, 2.45) is 7.05 Å². The number of alkyl carbamates (subject to hydrolysis) is 2. The Morgan fingerprint density at radius 2 is 1.10 bits per heavy atom. The molecule has 0 spiro atoms. The van der Waals surface area contributed by atoms with Crippen LogP contribution in [-0.2, 0) is 35.6 Å². The minimum Gasteiger partial charge on any atom is -0.453 e. The molecule has 6 atom stereocenters. The highest BCUT2D eigenvalue weighted by molar-refractivity contribution is 6.09. The third-order valence-corrected chi connectivity index (χ3v) is 11.7. The number of fused-ring (bicyclic) bond motifs is 3. The van der Waals surface area contributed by atoms with Gasteiger partial charge < -0.3 is 53.9 Å². The lowest BCUT2D eigenvalue weighted by Crippen LogP contribution is -2.54. The van der Waals surface area contributed by atoms with Gasteiger partial charge in [-0.05, 0) is 51.7 Å². The van der Waals surface area contributed by atoms with Gasteiger partial charge in [-0.15, -0.1) is 0 Å². The van der Waals surface area contributed by atoms with Crippen LogP contribution < -0.4 is 10.6 Å². The number of methoxy groups -OCH3 is 4. The van der Waals surface area contributed by atoms with Crippen LogP contribution in [0.5, 0.6) is 0 Å². The molecule has 7 rings (SSSR count). The summed E-state index contributed by atoms with van der Waals surface area (Å²) in [5.41, 5.74) is 5.62. The summed E-state index contributed by atoms with van der Waals surface area (Å²) in [6.07, 6.45) is 4.11. The van der Waals surface area contributed by atoms with Gasteiger partial charge in [0.25, 0.3) is 0 Å². The molecule has 2 fully saturated rings. The van der Waals surface area contributed by atoms with E-state index < -0.39 is 36.5 Å². The number of ether oxygens (including phenoxy) is 4. The van der Waals surface area contributed by atoms with E-state index in [0.717, 1.165) is 70.0 Å². The number of carbonyl (C=O) groups excluding carboxylic acids is 4. The molecule has 0 radical (unpaired) electrons. The highest BCUT2D eigenvalue weighted by atomic mass is 16.5. The lowest BCUT2D eigenvalue weighted by Gasteiger charge is -2.30. The van der Waals surface area contributed by atoms with Crippen LogP contribution in [0.2, 0.25) is 0 Å². The van der Waals surface area contributed by atoms with Crippen LogP contribution >= 0.6 is 0 Å². The number of rotatable bonds is 12. The van der Waals surface area contributed by atoms with Crippen molar-refractivity contribution in [2.75, 3.05) is 41.5 Å². The number of hydrogen-bond donors (Lipinski definition) is 4. The number of H-pyrrole nitrogens is 2. The molecule has 5 heterocycles. The van der Waals surface area contributed by atoms with E-state index in [-0.39, 0.29) is 23.9 Å². The molecular formula is C41H51N9O8. The van der Waals surface area contributed by atoms with Gasteiger partial charge in [-0.25, -0.2) is 19.6 Å². The van der Waals surface area contributed by atoms with Crippen LogP contribution in [0.25, 0.3) is 44.3 Å². The predicted molar refractivity (Wildman–Crippen MR) is 215 cm³/mol. The predicted octanol–water partition coefficient (Wildman–Crippen LogP) is 4.96. The van der Waals surface area contributed by atoms with Gasteiger partial charge in [-0.1, -0.05) is 24.3 Å². The first-order chi connectivity index (χ1) is 28.0. The van der Waals surface area contributed by atoms with Crippen molar-refractivity contribution in [1.29, 1.82) is 0 Å². The SMILES string of the molecule is COC(=O)N[C@H](C(=O)N1CCC[C@H]1c1ncc(-c2ccc3c4ccc(-c5cnc([C@@H]6CCCN6C(=O)[C@@H](NC(=O)OC)[C@@H](C)OC)[nH]5)cc4n(C)c3c2)[nH]1)[C@@H](C)OC. The van der Waals surface area contributed by atoms with Crippen LogP contribution in [0.15, 0.2) is 48.8 Å². The highest BCUT2D eigenvalue weighted by Crippen LogP contribution is 2.37. The fourth-order valence-electron chi connectivity index (χ4n) is 8.23. The molecule has 2 aromatic carbocycles. The molecule has 0 unspecified atom stereocenters. The van der Waals surface area contributed by atoms with Gasteiger partial charge in [0.15, 0.2) is 0 Å². The van der Waals surface area contributed by atoms with Crippen LogP contribution in [0.3, 0.4) is 0 Å². The monoisotopic (exact) mass is 797 g/mol. The Kier molecular flexibility index (Phi) is 11.7. The first-order valence-corrected chi connectivity index (χ1v) is 19.5. The fraction of sp³-hybridized carbons (Fsp3) is 0.463. The van der Waals surface area contributed by atoms with Crippen LogP contribution in [0.4, 0.5) is 9.59 Å². The van der Waals surface area contributed by atoms with E-state index in [2.05, 4.69) is 61.6 Å². The Morgan fingerprint density at radius 3 is 1.48 bits per heavy atom. The van der Waals surface area contributed by atoms with E-state index in [9.17, 15) is 19.2 Å². The Bertz CT molecular complexity index is 2160. The molecule has 2 aliphatic rings. The minimum absolute atomic E-state index is 0.255. The quantitative estimate of drug-likeness (QED) is 0.134. The second-order valence-electron chi connectivity index (χ2n) is 14.9. The summed E-state index contributed by atoms with van der Waals surface area (Å²) >= 11 is 0. The van der Waals surface area contributed by atoms with E-state index in [1.54, 1.807) is 36.0 Å². The third-order valence-electron chi connectivity index (χ3n) is 11.7. The molecule has 4 amide bonds. The standard InChI is InChI=1S/C41H51N9O8/c1-22(55-4)34(46-40(53)57-6)38(51)49-16-8-10-30(49)36-42-20-28(44-36)24-12-14-26-27-15-13-25(19-33(27)48(3)32(26)18-24)29-21-43-37(45-29)31-11-9-17-50(31)39(52)35(23(2)56-5)47-41(54)58-7/h12-15,18-23,30-31,34-35H,8-11,16-17H2,1-7H3,(H,42,44)(H,43,45)(H,46,53)(H,47,54)/t22-,23-,30+,31+,34+,35+/m1/s1. The summed E-state index contributed by atoms with van der Waals surface area (Å²) < 4.78 is 22.5. The Morgan fingerprint density at radius 1 is 0.690 bits per heavy atom. The van der Waals surface area contributed by atoms with Gasteiger partial charge in [-0.3, -0.25) is 9.59 Å². The van der Waals surface area contributed by atoms with Gasteiger partial charge in [-0.2, -0.15) is 0 Å². The summed E-state index contributed by atoms with van der Waals surface area (Å²) in [7, 11) is 7.55. The maximum Gasteiger partial charge on any atom is 0.407 e. The normalized spacial score (nSPS) is 18.9. The topological polar surface area (TPSA) is 198 Å². The largest absolute Gasteiger partial charge is 0.453 e. The third kappa shape index (κ3) is 7.58. The van der Waals surface area contributed by atoms with Crippen molar-refractivity contribution in [1.82, 2.24) is 44.9 Å². The maximum atomic E-state index is 13.7. The second-order valence-corrected chi connectivity index (χ2v) is 14.9. The molecule has 5 aromatic rings. The number of nitrogens with zero attached hydrogens (tertiary/aromatic N) is 5. The van der Waals surface area contributed by atoms with E-state index in [1.165, 1.54) is 28.4 Å². The molecule has 0 aliphatic carbocycles. The van der Waals surface area contributed by atoms with Crippen molar-refractivity contribution in [2.45, 2.75) is 75.9 Å². The maximum absolute atomic E-state index is 13.7. The zero-order chi connectivity index (χ0) is 41.2. The molecule has 308 valence electrons. The molecular weight excluding hydrogens is 747 g/mol. The molecule has 17 heteroatoms. The number of likely N-dealkylation sites (tertiary alicyclic amines) is 2. The first-order valence-electron chi connectivity index (χ1n) is 19.5. The van der Waals surface area contributed by atoms with Crippen molar-refractivity contribution < 1.29 is 38.1 Å². The molecule has 4 N–H and O–H groups in total. The molecule has 0 bridgehead atoms. The Hall–Kier alpha value is -5.94. The second kappa shape index (κ2) is 16.9. The average Bonchev–Trinajstić information content (AvgIpc) is 4.10. The smallest absolute Gasteiger partial charge is 0.407 e. The first kappa shape index (κ1) is 40.3. The van der Waals surface area contributed by atoms with Crippen LogP contribution in [0, 0.1) is 0 Å². The van der Waals surface area contributed by atoms with Gasteiger partial charge >= 0.3 is 12.2 Å². The number of carbonyl (C=O) groups is 4. The number of nitrogens with one attached hydrogen (secondary N) is 4. The fourth-order valence-corrected chi connectivity index (χ4v) is 8.23. The number of imidazole rings is 2. The van der Waals surface area contributed by atoms with Crippen molar-refractivity contribution in [3.05, 3.63) is 60.4 Å². The number of benzene rings is 2. The summed E-state index contributed by atoms with van der Waals surface area (Å²) in [4.78, 5) is 71.5. The number of amides is 4. The van der Waals surface area contributed by atoms with Crippen LogP contribution in [-0.4, -0.2) is 124 Å². The van der Waals surface area contributed by atoms with E-state index in [1.807, 2.05) is 7.05 Å². The Balaban J connectivity index is 1.11. The summed E-state index contributed by atoms with van der Waals surface area (Å²) in [5.74, 6) is 0.843. The average molecular weight is 798 g/mol. The number of aryl methyl sites for hydroxylation is 1. The van der Waals surface area contributed by atoms with E-state index in [0.29, 0.717) is 24.7 Å². The van der Waals surface area contributed by atoms with Gasteiger partial charge in [0.1, 0.15) is 23.7 Å². The molecule has 3 aromatic heterocycles. The molecule has 2 saturated heterocycles. The zero-order valence-electron chi connectivity index (χ0n) is 33.8. The van der Waals surface area contributed by atoms with Gasteiger partial charge in [0, 0.05) is 67.3 Å². The summed E-state index contributed by atoms with van der Waals surface area (Å²) in [5, 5.41) is 7.46.